The fourth-order valence-electron chi connectivity index (χ4n) is 2.38. The number of aromatic nitrogens is 2. The number of hydrogen-bond donors (Lipinski definition) is 1. The Bertz CT molecular complexity index is 658. The summed E-state index contributed by atoms with van der Waals surface area (Å²) in [7, 11) is 0. The molecule has 6 nitrogen and oxygen atoms in total. The van der Waals surface area contributed by atoms with E-state index in [4.69, 9.17) is 9.15 Å². The van der Waals surface area contributed by atoms with Gasteiger partial charge in [0.05, 0.1) is 0 Å². The van der Waals surface area contributed by atoms with E-state index >= 15 is 0 Å². The monoisotopic (exact) mass is 377 g/mol. The zero-order valence-electron chi connectivity index (χ0n) is 15.5. The smallest absolute Gasteiger partial charge is 0.276 e. The number of rotatable bonds is 12. The fraction of sp³-hybridized carbons (Fsp3) is 0.526. The first kappa shape index (κ1) is 20.3. The summed E-state index contributed by atoms with van der Waals surface area (Å²) in [4.78, 5) is 11.0. The van der Waals surface area contributed by atoms with Gasteiger partial charge in [-0.1, -0.05) is 50.8 Å². The van der Waals surface area contributed by atoms with Crippen molar-refractivity contribution in [2.24, 2.45) is 0 Å². The van der Waals surface area contributed by atoms with Crippen LogP contribution in [0.15, 0.2) is 33.9 Å². The zero-order chi connectivity index (χ0) is 18.6. The van der Waals surface area contributed by atoms with Crippen molar-refractivity contribution in [2.45, 2.75) is 64.2 Å². The molecule has 7 heteroatoms. The van der Waals surface area contributed by atoms with Crippen molar-refractivity contribution in [1.29, 1.82) is 0 Å². The average Bonchev–Trinajstić information content (AvgIpc) is 3.08. The van der Waals surface area contributed by atoms with Gasteiger partial charge in [0.15, 0.2) is 6.61 Å². The summed E-state index contributed by atoms with van der Waals surface area (Å²) >= 11 is 1.60. The molecule has 0 spiro atoms. The second kappa shape index (κ2) is 11.6. The molecule has 1 heterocycles. The SMILES string of the molecule is CCCCCCCCSc1nnc(COc2ccc(NC(C)=O)cc2)o1. The molecule has 0 fully saturated rings. The molecule has 0 aliphatic heterocycles. The number of unbranched alkanes of at least 4 members (excludes halogenated alkanes) is 5. The number of amides is 1. The number of hydrogen-bond acceptors (Lipinski definition) is 6. The molecule has 1 amide bonds. The summed E-state index contributed by atoms with van der Waals surface area (Å²) in [6, 6.07) is 7.14. The van der Waals surface area contributed by atoms with Crippen molar-refractivity contribution in [3.8, 4) is 5.75 Å². The van der Waals surface area contributed by atoms with E-state index < -0.39 is 0 Å². The predicted molar refractivity (Wildman–Crippen MR) is 103 cm³/mol. The second-order valence-corrected chi connectivity index (χ2v) is 7.12. The lowest BCUT2D eigenvalue weighted by Crippen LogP contribution is -2.05. The van der Waals surface area contributed by atoms with Crippen LogP contribution in [0.2, 0.25) is 0 Å². The van der Waals surface area contributed by atoms with E-state index in [1.54, 1.807) is 36.0 Å². The van der Waals surface area contributed by atoms with Crippen molar-refractivity contribution in [3.63, 3.8) is 0 Å². The van der Waals surface area contributed by atoms with Gasteiger partial charge in [0.25, 0.3) is 11.1 Å². The van der Waals surface area contributed by atoms with Crippen LogP contribution >= 0.6 is 11.8 Å². The molecule has 0 atom stereocenters. The Morgan fingerprint density at radius 2 is 1.85 bits per heavy atom. The van der Waals surface area contributed by atoms with E-state index in [2.05, 4.69) is 22.4 Å². The van der Waals surface area contributed by atoms with Crippen LogP contribution in [0.4, 0.5) is 5.69 Å². The van der Waals surface area contributed by atoms with E-state index in [1.807, 2.05) is 0 Å². The van der Waals surface area contributed by atoms with Gasteiger partial charge in [-0.25, -0.2) is 0 Å². The molecule has 0 saturated heterocycles. The number of nitrogens with zero attached hydrogens (tertiary/aromatic N) is 2. The van der Waals surface area contributed by atoms with Gasteiger partial charge in [0.2, 0.25) is 5.91 Å². The predicted octanol–water partition coefficient (Wildman–Crippen LogP) is 5.06. The molecule has 142 valence electrons. The van der Waals surface area contributed by atoms with Crippen LogP contribution in [0.3, 0.4) is 0 Å². The zero-order valence-corrected chi connectivity index (χ0v) is 16.3. The van der Waals surface area contributed by atoms with Crippen LogP contribution in [0, 0.1) is 0 Å². The highest BCUT2D eigenvalue weighted by molar-refractivity contribution is 7.99. The van der Waals surface area contributed by atoms with Gasteiger partial charge in [0, 0.05) is 18.4 Å². The number of thioether (sulfide) groups is 1. The molecule has 0 radical (unpaired) electrons. The van der Waals surface area contributed by atoms with Gasteiger partial charge >= 0.3 is 0 Å². The highest BCUT2D eigenvalue weighted by Gasteiger charge is 2.07. The molecular formula is C19H27N3O3S. The van der Waals surface area contributed by atoms with Gasteiger partial charge in [0.1, 0.15) is 5.75 Å². The van der Waals surface area contributed by atoms with Crippen molar-refractivity contribution < 1.29 is 13.9 Å². The largest absolute Gasteiger partial charge is 0.484 e. The molecule has 1 N–H and O–H groups in total. The second-order valence-electron chi connectivity index (χ2n) is 6.07. The van der Waals surface area contributed by atoms with E-state index in [1.165, 1.54) is 45.4 Å². The van der Waals surface area contributed by atoms with Gasteiger partial charge in [-0.15, -0.1) is 10.2 Å². The normalized spacial score (nSPS) is 10.7. The minimum absolute atomic E-state index is 0.101. The van der Waals surface area contributed by atoms with E-state index in [-0.39, 0.29) is 12.5 Å². The first-order valence-corrected chi connectivity index (χ1v) is 10.1. The Morgan fingerprint density at radius 3 is 2.58 bits per heavy atom. The van der Waals surface area contributed by atoms with Gasteiger partial charge in [-0.2, -0.15) is 0 Å². The lowest BCUT2D eigenvalue weighted by molar-refractivity contribution is -0.114. The molecule has 0 saturated carbocycles. The van der Waals surface area contributed by atoms with Crippen LogP contribution < -0.4 is 10.1 Å². The summed E-state index contributed by atoms with van der Waals surface area (Å²) in [5.74, 6) is 2.04. The molecule has 1 aromatic carbocycles. The number of ether oxygens (including phenoxy) is 1. The summed E-state index contributed by atoms with van der Waals surface area (Å²) in [5, 5.41) is 11.4. The molecule has 0 unspecified atom stereocenters. The highest BCUT2D eigenvalue weighted by atomic mass is 32.2. The number of benzene rings is 1. The molecule has 2 aromatic rings. The summed E-state index contributed by atoms with van der Waals surface area (Å²) in [6.07, 6.45) is 7.67. The minimum atomic E-state index is -0.101. The van der Waals surface area contributed by atoms with Crippen LogP contribution in [0.5, 0.6) is 5.75 Å². The molecule has 0 aliphatic carbocycles. The highest BCUT2D eigenvalue weighted by Crippen LogP contribution is 2.20. The Kier molecular flexibility index (Phi) is 9.03. The van der Waals surface area contributed by atoms with Crippen molar-refractivity contribution >= 4 is 23.4 Å². The molecule has 0 bridgehead atoms. The number of nitrogens with one attached hydrogen (secondary N) is 1. The third-order valence-corrected chi connectivity index (χ3v) is 4.61. The topological polar surface area (TPSA) is 77.3 Å². The maximum absolute atomic E-state index is 11.0. The molecule has 26 heavy (non-hydrogen) atoms. The Labute approximate surface area is 159 Å². The first-order chi connectivity index (χ1) is 12.7. The minimum Gasteiger partial charge on any atom is -0.484 e. The standard InChI is InChI=1S/C19H27N3O3S/c1-3-4-5-6-7-8-13-26-19-22-21-18(25-19)14-24-17-11-9-16(10-12-17)20-15(2)23/h9-12H,3-8,13-14H2,1-2H3,(H,20,23). The van der Waals surface area contributed by atoms with E-state index in [0.29, 0.717) is 16.9 Å². The number of anilines is 1. The summed E-state index contributed by atoms with van der Waals surface area (Å²) < 4.78 is 11.2. The van der Waals surface area contributed by atoms with Crippen LogP contribution in [-0.4, -0.2) is 21.9 Å². The third kappa shape index (κ3) is 7.91. The quantitative estimate of drug-likeness (QED) is 0.411. The Balaban J connectivity index is 1.65. The maximum Gasteiger partial charge on any atom is 0.276 e. The lowest BCUT2D eigenvalue weighted by atomic mass is 10.1. The van der Waals surface area contributed by atoms with Gasteiger partial charge in [-0.05, 0) is 30.7 Å². The fourth-order valence-corrected chi connectivity index (χ4v) is 3.16. The lowest BCUT2D eigenvalue weighted by Gasteiger charge is -2.05. The van der Waals surface area contributed by atoms with Gasteiger partial charge in [-0.3, -0.25) is 4.79 Å². The van der Waals surface area contributed by atoms with Crippen LogP contribution in [0.25, 0.3) is 0 Å². The maximum atomic E-state index is 11.0. The average molecular weight is 378 g/mol. The first-order valence-electron chi connectivity index (χ1n) is 9.13. The van der Waals surface area contributed by atoms with Crippen molar-refractivity contribution in [3.05, 3.63) is 30.2 Å². The van der Waals surface area contributed by atoms with E-state index in [0.717, 1.165) is 11.4 Å². The Morgan fingerprint density at radius 1 is 1.12 bits per heavy atom. The molecular weight excluding hydrogens is 350 g/mol. The molecule has 0 aliphatic rings. The number of carbonyl (C=O) groups is 1. The van der Waals surface area contributed by atoms with E-state index in [9.17, 15) is 4.79 Å². The van der Waals surface area contributed by atoms with Crippen molar-refractivity contribution in [2.75, 3.05) is 11.1 Å². The van der Waals surface area contributed by atoms with Crippen LogP contribution in [-0.2, 0) is 11.4 Å². The summed E-state index contributed by atoms with van der Waals surface area (Å²) in [5.41, 5.74) is 0.732. The summed E-state index contributed by atoms with van der Waals surface area (Å²) in [6.45, 7) is 3.93. The van der Waals surface area contributed by atoms with Gasteiger partial charge < -0.3 is 14.5 Å². The molecule has 2 rings (SSSR count). The number of carbonyl (C=O) groups excluding carboxylic acids is 1. The third-order valence-electron chi connectivity index (χ3n) is 3.71. The molecule has 1 aromatic heterocycles. The Hall–Kier alpha value is -2.02. The van der Waals surface area contributed by atoms with Crippen LogP contribution in [0.1, 0.15) is 58.3 Å². The van der Waals surface area contributed by atoms with Crippen molar-refractivity contribution in [1.82, 2.24) is 10.2 Å².